The Balaban J connectivity index is 1.28. The number of ether oxygens (including phenoxy) is 1. The maximum atomic E-state index is 5.62. The highest BCUT2D eigenvalue weighted by Gasteiger charge is 2.33. The Bertz CT molecular complexity index is 232. The van der Waals surface area contributed by atoms with Gasteiger partial charge in [-0.15, -0.1) is 0 Å². The van der Waals surface area contributed by atoms with Crippen LogP contribution in [0.25, 0.3) is 0 Å². The first kappa shape index (κ1) is 11.9. The molecule has 17 heavy (non-hydrogen) atoms. The minimum absolute atomic E-state index is 0.493. The van der Waals surface area contributed by atoms with Crippen LogP contribution in [0.15, 0.2) is 0 Å². The average Bonchev–Trinajstić information content (AvgIpc) is 3.24. The zero-order chi connectivity index (χ0) is 11.5. The van der Waals surface area contributed by atoms with Crippen molar-refractivity contribution >= 4 is 0 Å². The van der Waals surface area contributed by atoms with Crippen molar-refractivity contribution in [1.29, 1.82) is 0 Å². The summed E-state index contributed by atoms with van der Waals surface area (Å²) in [5.74, 6) is 1.04. The van der Waals surface area contributed by atoms with Crippen molar-refractivity contribution in [2.45, 2.75) is 50.7 Å². The van der Waals surface area contributed by atoms with Crippen LogP contribution >= 0.6 is 0 Å². The van der Waals surface area contributed by atoms with E-state index in [9.17, 15) is 0 Å². The quantitative estimate of drug-likeness (QED) is 0.651. The predicted molar refractivity (Wildman–Crippen MR) is 69.2 cm³/mol. The monoisotopic (exact) mass is 238 g/mol. The maximum absolute atomic E-state index is 5.62. The summed E-state index contributed by atoms with van der Waals surface area (Å²) in [6, 6.07) is 0.931. The molecule has 3 nitrogen and oxygen atoms in total. The highest BCUT2D eigenvalue weighted by Crippen LogP contribution is 2.34. The molecule has 3 heteroatoms. The number of nitrogens with zero attached hydrogens (tertiary/aromatic N) is 1. The first-order valence-corrected chi connectivity index (χ1v) is 7.48. The Morgan fingerprint density at radius 2 is 2.00 bits per heavy atom. The van der Waals surface area contributed by atoms with Crippen LogP contribution in [0.2, 0.25) is 0 Å². The second kappa shape index (κ2) is 5.68. The van der Waals surface area contributed by atoms with E-state index in [4.69, 9.17) is 4.74 Å². The van der Waals surface area contributed by atoms with Crippen molar-refractivity contribution in [3.8, 4) is 0 Å². The lowest BCUT2D eigenvalue weighted by atomic mass is 10.2. The van der Waals surface area contributed by atoms with E-state index in [-0.39, 0.29) is 0 Å². The van der Waals surface area contributed by atoms with Gasteiger partial charge < -0.3 is 10.1 Å². The standard InChI is InChI=1S/C14H26N2O/c1-2-14(17-9-1)10-15-7-8-16(13-5-6-13)11-12-3-4-12/h12-15H,1-11H2. The second-order valence-electron chi connectivity index (χ2n) is 6.01. The molecule has 1 saturated heterocycles. The van der Waals surface area contributed by atoms with Gasteiger partial charge in [0.1, 0.15) is 0 Å². The number of hydrogen-bond acceptors (Lipinski definition) is 3. The van der Waals surface area contributed by atoms with E-state index < -0.39 is 0 Å². The van der Waals surface area contributed by atoms with Gasteiger partial charge in [-0.05, 0) is 44.4 Å². The van der Waals surface area contributed by atoms with E-state index in [1.807, 2.05) is 0 Å². The highest BCUT2D eigenvalue weighted by molar-refractivity contribution is 4.88. The lowest BCUT2D eigenvalue weighted by Crippen LogP contribution is -2.37. The Hall–Kier alpha value is -0.120. The third-order valence-electron chi connectivity index (χ3n) is 4.22. The molecule has 1 heterocycles. The molecule has 1 aliphatic heterocycles. The van der Waals surface area contributed by atoms with Gasteiger partial charge in [0, 0.05) is 38.8 Å². The fraction of sp³-hybridized carbons (Fsp3) is 1.00. The molecule has 2 aliphatic carbocycles. The third-order valence-corrected chi connectivity index (χ3v) is 4.22. The van der Waals surface area contributed by atoms with Gasteiger partial charge in [0.25, 0.3) is 0 Å². The SMILES string of the molecule is C1COC(CNCCN(CC2CC2)C2CC2)C1. The van der Waals surface area contributed by atoms with Crippen molar-refractivity contribution in [1.82, 2.24) is 10.2 Å². The summed E-state index contributed by atoms with van der Waals surface area (Å²) in [5, 5.41) is 3.57. The van der Waals surface area contributed by atoms with Gasteiger partial charge in [-0.1, -0.05) is 0 Å². The molecule has 3 aliphatic rings. The van der Waals surface area contributed by atoms with Crippen LogP contribution in [0.5, 0.6) is 0 Å². The van der Waals surface area contributed by atoms with Crippen LogP contribution < -0.4 is 5.32 Å². The minimum Gasteiger partial charge on any atom is -0.377 e. The predicted octanol–water partition coefficient (Wildman–Crippen LogP) is 1.63. The van der Waals surface area contributed by atoms with Crippen LogP contribution in [-0.4, -0.2) is 49.8 Å². The fourth-order valence-electron chi connectivity index (χ4n) is 2.79. The van der Waals surface area contributed by atoms with Crippen LogP contribution in [0.3, 0.4) is 0 Å². The van der Waals surface area contributed by atoms with E-state index in [0.29, 0.717) is 6.10 Å². The first-order valence-electron chi connectivity index (χ1n) is 7.48. The smallest absolute Gasteiger partial charge is 0.0700 e. The van der Waals surface area contributed by atoms with Gasteiger partial charge in [0.15, 0.2) is 0 Å². The molecule has 3 rings (SSSR count). The summed E-state index contributed by atoms with van der Waals surface area (Å²) in [6.07, 6.45) is 8.84. The topological polar surface area (TPSA) is 24.5 Å². The Morgan fingerprint density at radius 1 is 1.12 bits per heavy atom. The molecule has 0 aromatic carbocycles. The first-order chi connectivity index (χ1) is 8.42. The zero-order valence-electron chi connectivity index (χ0n) is 10.9. The molecule has 98 valence electrons. The molecule has 1 N–H and O–H groups in total. The molecule has 1 atom stereocenters. The lowest BCUT2D eigenvalue weighted by Gasteiger charge is -2.22. The largest absolute Gasteiger partial charge is 0.377 e. The van der Waals surface area contributed by atoms with Crippen molar-refractivity contribution in [2.75, 3.05) is 32.8 Å². The van der Waals surface area contributed by atoms with E-state index >= 15 is 0 Å². The summed E-state index contributed by atoms with van der Waals surface area (Å²) in [7, 11) is 0. The van der Waals surface area contributed by atoms with Gasteiger partial charge in [-0.2, -0.15) is 0 Å². The minimum atomic E-state index is 0.493. The Kier molecular flexibility index (Phi) is 3.99. The van der Waals surface area contributed by atoms with Crippen LogP contribution in [0.1, 0.15) is 38.5 Å². The fourth-order valence-corrected chi connectivity index (χ4v) is 2.79. The maximum Gasteiger partial charge on any atom is 0.0700 e. The van der Waals surface area contributed by atoms with Crippen LogP contribution in [0.4, 0.5) is 0 Å². The van der Waals surface area contributed by atoms with Gasteiger partial charge in [-0.3, -0.25) is 4.90 Å². The summed E-state index contributed by atoms with van der Waals surface area (Å²) >= 11 is 0. The van der Waals surface area contributed by atoms with Crippen molar-refractivity contribution in [3.63, 3.8) is 0 Å². The van der Waals surface area contributed by atoms with E-state index in [0.717, 1.165) is 31.7 Å². The van der Waals surface area contributed by atoms with E-state index in [2.05, 4.69) is 10.2 Å². The molecule has 0 aromatic rings. The molecule has 0 radical (unpaired) electrons. The number of nitrogens with one attached hydrogen (secondary N) is 1. The van der Waals surface area contributed by atoms with Crippen molar-refractivity contribution < 1.29 is 4.74 Å². The summed E-state index contributed by atoms with van der Waals surface area (Å²) in [4.78, 5) is 2.72. The molecule has 0 bridgehead atoms. The van der Waals surface area contributed by atoms with Crippen LogP contribution in [-0.2, 0) is 4.74 Å². The molecule has 2 saturated carbocycles. The molecule has 0 aromatic heterocycles. The highest BCUT2D eigenvalue weighted by atomic mass is 16.5. The summed E-state index contributed by atoms with van der Waals surface area (Å²) in [5.41, 5.74) is 0. The summed E-state index contributed by atoms with van der Waals surface area (Å²) in [6.45, 7) is 5.79. The van der Waals surface area contributed by atoms with Crippen molar-refractivity contribution in [2.24, 2.45) is 5.92 Å². The van der Waals surface area contributed by atoms with Gasteiger partial charge in [0.2, 0.25) is 0 Å². The molecule has 1 unspecified atom stereocenters. The number of rotatable bonds is 8. The normalized spacial score (nSPS) is 29.1. The van der Waals surface area contributed by atoms with Gasteiger partial charge in [0.05, 0.1) is 6.10 Å². The number of hydrogen-bond donors (Lipinski definition) is 1. The van der Waals surface area contributed by atoms with E-state index in [1.54, 1.807) is 0 Å². The molecule has 0 amide bonds. The molecular weight excluding hydrogens is 212 g/mol. The van der Waals surface area contributed by atoms with Crippen molar-refractivity contribution in [3.05, 3.63) is 0 Å². The molecule has 3 fully saturated rings. The third kappa shape index (κ3) is 3.94. The summed E-state index contributed by atoms with van der Waals surface area (Å²) < 4.78 is 5.62. The van der Waals surface area contributed by atoms with Crippen LogP contribution in [0, 0.1) is 5.92 Å². The Labute approximate surface area is 105 Å². The zero-order valence-corrected chi connectivity index (χ0v) is 10.9. The Morgan fingerprint density at radius 3 is 2.65 bits per heavy atom. The van der Waals surface area contributed by atoms with E-state index in [1.165, 1.54) is 51.6 Å². The van der Waals surface area contributed by atoms with Gasteiger partial charge >= 0.3 is 0 Å². The molecular formula is C14H26N2O. The second-order valence-corrected chi connectivity index (χ2v) is 6.01. The lowest BCUT2D eigenvalue weighted by molar-refractivity contribution is 0.109. The van der Waals surface area contributed by atoms with Gasteiger partial charge in [-0.25, -0.2) is 0 Å². The average molecular weight is 238 g/mol. The molecule has 0 spiro atoms.